The maximum Gasteiger partial charge on any atom is 0.0480 e. The van der Waals surface area contributed by atoms with Crippen LogP contribution >= 0.6 is 12.4 Å². The molecule has 2 aliphatic heterocycles. The van der Waals surface area contributed by atoms with Gasteiger partial charge >= 0.3 is 0 Å². The molecule has 1 aliphatic carbocycles. The minimum atomic E-state index is 0. The van der Waals surface area contributed by atoms with Gasteiger partial charge < -0.3 is 5.32 Å². The number of nitrogens with one attached hydrogen (secondary N) is 1. The van der Waals surface area contributed by atoms with E-state index in [-0.39, 0.29) is 17.9 Å². The van der Waals surface area contributed by atoms with Crippen LogP contribution in [0.5, 0.6) is 0 Å². The summed E-state index contributed by atoms with van der Waals surface area (Å²) in [6, 6.07) is 9.64. The minimum Gasteiger partial charge on any atom is -0.300 e. The summed E-state index contributed by atoms with van der Waals surface area (Å²) in [6.45, 7) is 2.41. The Balaban J connectivity index is 0.000001000. The molecule has 2 heteroatoms. The van der Waals surface area contributed by atoms with Crippen molar-refractivity contribution in [3.8, 4) is 0 Å². The maximum absolute atomic E-state index is 3.90. The van der Waals surface area contributed by atoms with Crippen LogP contribution in [-0.4, -0.2) is 6.04 Å². The summed E-state index contributed by atoms with van der Waals surface area (Å²) >= 11 is 0. The van der Waals surface area contributed by atoms with Gasteiger partial charge in [-0.25, -0.2) is 0 Å². The smallest absolute Gasteiger partial charge is 0.0480 e. The van der Waals surface area contributed by atoms with Gasteiger partial charge in [-0.2, -0.15) is 0 Å². The largest absolute Gasteiger partial charge is 0.300 e. The molecule has 0 amide bonds. The molecule has 96 valence electrons. The topological polar surface area (TPSA) is 12.0 Å². The fourth-order valence-corrected chi connectivity index (χ4v) is 4.31. The summed E-state index contributed by atoms with van der Waals surface area (Å²) in [5.74, 6) is 0.741. The van der Waals surface area contributed by atoms with Gasteiger partial charge in [0.15, 0.2) is 0 Å². The number of rotatable bonds is 0. The van der Waals surface area contributed by atoms with Crippen LogP contribution in [0.3, 0.4) is 0 Å². The number of allylic oxidation sites excluding steroid dienone is 1. The second-order valence-electron chi connectivity index (χ2n) is 5.95. The SMILES string of the molecule is CC12NC(Cc3ccccc31)C1=CCCCC12.Cl. The van der Waals surface area contributed by atoms with Gasteiger partial charge in [0.1, 0.15) is 0 Å². The summed E-state index contributed by atoms with van der Waals surface area (Å²) in [5.41, 5.74) is 5.02. The van der Waals surface area contributed by atoms with Crippen LogP contribution in [0.25, 0.3) is 0 Å². The first-order chi connectivity index (χ1) is 8.29. The Bertz CT molecular complexity index is 508. The second kappa shape index (κ2) is 4.11. The molecule has 2 bridgehead atoms. The van der Waals surface area contributed by atoms with Gasteiger partial charge in [0, 0.05) is 17.5 Å². The molecule has 18 heavy (non-hydrogen) atoms. The van der Waals surface area contributed by atoms with Crippen molar-refractivity contribution in [1.82, 2.24) is 5.32 Å². The molecule has 1 aromatic carbocycles. The van der Waals surface area contributed by atoms with Gasteiger partial charge in [0.25, 0.3) is 0 Å². The standard InChI is InChI=1S/C16H19N.ClH/c1-16-13-8-4-2-6-11(13)10-15(17-16)12-7-3-5-9-14(12)16;/h2,4,6-8,14-15,17H,3,5,9-10H2,1H3;1H. The Labute approximate surface area is 115 Å². The highest BCUT2D eigenvalue weighted by atomic mass is 35.5. The Morgan fingerprint density at radius 2 is 2.11 bits per heavy atom. The van der Waals surface area contributed by atoms with Crippen LogP contribution in [-0.2, 0) is 12.0 Å². The average molecular weight is 262 g/mol. The third-order valence-electron chi connectivity index (χ3n) is 5.05. The van der Waals surface area contributed by atoms with Crippen molar-refractivity contribution in [3.05, 3.63) is 47.0 Å². The first-order valence-corrected chi connectivity index (χ1v) is 6.85. The van der Waals surface area contributed by atoms with Gasteiger partial charge in [0.2, 0.25) is 0 Å². The van der Waals surface area contributed by atoms with Crippen LogP contribution in [0, 0.1) is 5.92 Å². The van der Waals surface area contributed by atoms with E-state index in [0.717, 1.165) is 5.92 Å². The zero-order chi connectivity index (χ0) is 11.5. The molecular formula is C16H20ClN. The Morgan fingerprint density at radius 1 is 1.28 bits per heavy atom. The molecule has 1 nitrogen and oxygen atoms in total. The van der Waals surface area contributed by atoms with E-state index in [2.05, 4.69) is 42.6 Å². The van der Waals surface area contributed by atoms with Gasteiger partial charge in [-0.1, -0.05) is 35.9 Å². The third kappa shape index (κ3) is 1.44. The lowest BCUT2D eigenvalue weighted by Crippen LogP contribution is -2.46. The molecule has 1 saturated heterocycles. The van der Waals surface area contributed by atoms with Crippen molar-refractivity contribution in [2.24, 2.45) is 5.92 Å². The number of hydrogen-bond acceptors (Lipinski definition) is 1. The van der Waals surface area contributed by atoms with E-state index in [1.807, 2.05) is 0 Å². The van der Waals surface area contributed by atoms with Crippen LogP contribution < -0.4 is 5.32 Å². The van der Waals surface area contributed by atoms with Gasteiger partial charge in [-0.05, 0) is 43.7 Å². The Morgan fingerprint density at radius 3 is 3.00 bits per heavy atom. The molecule has 4 rings (SSSR count). The van der Waals surface area contributed by atoms with Crippen LogP contribution in [0.2, 0.25) is 0 Å². The van der Waals surface area contributed by atoms with Crippen molar-refractivity contribution in [3.63, 3.8) is 0 Å². The number of hydrogen-bond donors (Lipinski definition) is 1. The lowest BCUT2D eigenvalue weighted by molar-refractivity contribution is 0.287. The molecule has 3 aliphatic rings. The van der Waals surface area contributed by atoms with Gasteiger partial charge in [-0.15, -0.1) is 12.4 Å². The summed E-state index contributed by atoms with van der Waals surface area (Å²) < 4.78 is 0. The lowest BCUT2D eigenvalue weighted by Gasteiger charge is -2.37. The van der Waals surface area contributed by atoms with E-state index in [0.29, 0.717) is 6.04 Å². The van der Waals surface area contributed by atoms with Crippen LogP contribution in [0.4, 0.5) is 0 Å². The summed E-state index contributed by atoms with van der Waals surface area (Å²) in [4.78, 5) is 0. The maximum atomic E-state index is 3.90. The third-order valence-corrected chi connectivity index (χ3v) is 5.05. The van der Waals surface area contributed by atoms with Crippen molar-refractivity contribution in [2.45, 2.75) is 44.2 Å². The van der Waals surface area contributed by atoms with Crippen LogP contribution in [0.15, 0.2) is 35.9 Å². The van der Waals surface area contributed by atoms with Crippen LogP contribution in [0.1, 0.15) is 37.3 Å². The summed E-state index contributed by atoms with van der Waals surface area (Å²) in [7, 11) is 0. The van der Waals surface area contributed by atoms with E-state index in [4.69, 9.17) is 0 Å². The quantitative estimate of drug-likeness (QED) is 0.704. The van der Waals surface area contributed by atoms with Crippen molar-refractivity contribution in [1.29, 1.82) is 0 Å². The van der Waals surface area contributed by atoms with Crippen molar-refractivity contribution >= 4 is 12.4 Å². The molecular weight excluding hydrogens is 242 g/mol. The lowest BCUT2D eigenvalue weighted by atomic mass is 9.74. The molecule has 0 aromatic heterocycles. The minimum absolute atomic E-state index is 0. The average Bonchev–Trinajstić information content (AvgIpc) is 2.61. The fraction of sp³-hybridized carbons (Fsp3) is 0.500. The molecule has 1 fully saturated rings. The van der Waals surface area contributed by atoms with E-state index < -0.39 is 0 Å². The zero-order valence-electron chi connectivity index (χ0n) is 10.8. The van der Waals surface area contributed by atoms with Crippen molar-refractivity contribution in [2.75, 3.05) is 0 Å². The molecule has 2 heterocycles. The van der Waals surface area contributed by atoms with E-state index in [1.165, 1.54) is 25.7 Å². The van der Waals surface area contributed by atoms with E-state index >= 15 is 0 Å². The first kappa shape index (κ1) is 12.3. The molecule has 1 N–H and O–H groups in total. The highest BCUT2D eigenvalue weighted by molar-refractivity contribution is 5.85. The van der Waals surface area contributed by atoms with Gasteiger partial charge in [-0.3, -0.25) is 0 Å². The second-order valence-corrected chi connectivity index (χ2v) is 5.95. The molecule has 0 spiro atoms. The van der Waals surface area contributed by atoms with E-state index in [9.17, 15) is 0 Å². The van der Waals surface area contributed by atoms with Crippen molar-refractivity contribution < 1.29 is 0 Å². The monoisotopic (exact) mass is 261 g/mol. The summed E-state index contributed by atoms with van der Waals surface area (Å²) in [6.07, 6.45) is 7.72. The molecule has 1 aromatic rings. The molecule has 3 atom stereocenters. The zero-order valence-corrected chi connectivity index (χ0v) is 11.6. The number of halogens is 1. The fourth-order valence-electron chi connectivity index (χ4n) is 4.31. The highest BCUT2D eigenvalue weighted by Crippen LogP contribution is 2.51. The molecule has 3 unspecified atom stereocenters. The number of fused-ring (bicyclic) bond motifs is 7. The Kier molecular flexibility index (Phi) is 2.80. The summed E-state index contributed by atoms with van der Waals surface area (Å²) in [5, 5.41) is 3.90. The van der Waals surface area contributed by atoms with E-state index in [1.54, 1.807) is 16.7 Å². The molecule has 0 saturated carbocycles. The first-order valence-electron chi connectivity index (χ1n) is 6.85. The predicted octanol–water partition coefficient (Wildman–Crippen LogP) is 3.58. The molecule has 0 radical (unpaired) electrons. The highest BCUT2D eigenvalue weighted by Gasteiger charge is 2.51. The number of benzene rings is 1. The van der Waals surface area contributed by atoms with Gasteiger partial charge in [0.05, 0.1) is 0 Å². The Hall–Kier alpha value is -0.790. The normalized spacial score (nSPS) is 36.2. The predicted molar refractivity (Wildman–Crippen MR) is 77.1 cm³/mol.